The molecule has 3 heteroatoms. The van der Waals surface area contributed by atoms with E-state index in [2.05, 4.69) is 13.2 Å². The van der Waals surface area contributed by atoms with Gasteiger partial charge in [0.05, 0.1) is 5.56 Å². The van der Waals surface area contributed by atoms with Crippen LogP contribution in [0.15, 0.2) is 43.5 Å². The fourth-order valence-electron chi connectivity index (χ4n) is 0.627. The maximum absolute atomic E-state index is 11.8. The predicted molar refractivity (Wildman–Crippen MR) is 42.7 cm³/mol. The van der Waals surface area contributed by atoms with Crippen molar-refractivity contribution in [3.8, 4) is 0 Å². The fourth-order valence-corrected chi connectivity index (χ4v) is 0.627. The van der Waals surface area contributed by atoms with Crippen LogP contribution < -0.4 is 0 Å². The lowest BCUT2D eigenvalue weighted by atomic mass is 10.2. The largest absolute Gasteiger partial charge is 0.416 e. The molecule has 0 aromatic heterocycles. The smallest absolute Gasteiger partial charge is 0.166 e. The Morgan fingerprint density at radius 1 is 0.917 bits per heavy atom. The van der Waals surface area contributed by atoms with Crippen LogP contribution in [0.5, 0.6) is 0 Å². The lowest BCUT2D eigenvalue weighted by molar-refractivity contribution is -0.137. The number of benzene rings is 1. The molecular formula is C9H9F3. The third-order valence-corrected chi connectivity index (χ3v) is 1.10. The highest BCUT2D eigenvalue weighted by atomic mass is 19.4. The molecule has 0 saturated heterocycles. The quantitative estimate of drug-likeness (QED) is 0.528. The zero-order chi connectivity index (χ0) is 9.61. The van der Waals surface area contributed by atoms with Crippen LogP contribution in [-0.2, 0) is 6.18 Å². The van der Waals surface area contributed by atoms with Crippen LogP contribution in [0.25, 0.3) is 0 Å². The van der Waals surface area contributed by atoms with Crippen LogP contribution in [0.3, 0.4) is 0 Å². The standard InChI is InChI=1S/C7H5F3.C2H4/c8-7(9,10)6-4-2-1-3-5-6;1-2/h1-5H;1-2H2. The Bertz CT molecular complexity index is 213. The summed E-state index contributed by atoms with van der Waals surface area (Å²) in [7, 11) is 0. The second kappa shape index (κ2) is 4.59. The maximum Gasteiger partial charge on any atom is 0.416 e. The van der Waals surface area contributed by atoms with Gasteiger partial charge in [-0.25, -0.2) is 0 Å². The molecular weight excluding hydrogens is 165 g/mol. The highest BCUT2D eigenvalue weighted by Gasteiger charge is 2.29. The molecule has 0 amide bonds. The van der Waals surface area contributed by atoms with Crippen molar-refractivity contribution in [1.29, 1.82) is 0 Å². The Labute approximate surface area is 69.3 Å². The first-order valence-corrected chi connectivity index (χ1v) is 3.23. The number of hydrogen-bond acceptors (Lipinski definition) is 0. The minimum absolute atomic E-state index is 0.602. The molecule has 0 heterocycles. The van der Waals surface area contributed by atoms with Gasteiger partial charge in [-0.15, -0.1) is 13.2 Å². The molecule has 0 atom stereocenters. The van der Waals surface area contributed by atoms with Crippen LogP contribution >= 0.6 is 0 Å². The molecule has 0 unspecified atom stereocenters. The molecule has 0 aliphatic carbocycles. The van der Waals surface area contributed by atoms with Crippen molar-refractivity contribution in [2.75, 3.05) is 0 Å². The average Bonchev–Trinajstić information content (AvgIpc) is 2.08. The lowest BCUT2D eigenvalue weighted by Gasteiger charge is -2.03. The summed E-state index contributed by atoms with van der Waals surface area (Å²) < 4.78 is 35.4. The van der Waals surface area contributed by atoms with Gasteiger partial charge < -0.3 is 0 Å². The highest BCUT2D eigenvalue weighted by molar-refractivity contribution is 5.17. The number of halogens is 3. The Hall–Kier alpha value is -1.25. The topological polar surface area (TPSA) is 0 Å². The monoisotopic (exact) mass is 174 g/mol. The Morgan fingerprint density at radius 2 is 1.33 bits per heavy atom. The van der Waals surface area contributed by atoms with Crippen LogP contribution in [0, 0.1) is 0 Å². The number of hydrogen-bond donors (Lipinski definition) is 0. The van der Waals surface area contributed by atoms with E-state index in [9.17, 15) is 13.2 Å². The fraction of sp³-hybridized carbons (Fsp3) is 0.111. The van der Waals surface area contributed by atoms with E-state index in [0.29, 0.717) is 0 Å². The molecule has 0 aliphatic rings. The van der Waals surface area contributed by atoms with Crippen LogP contribution in [-0.4, -0.2) is 0 Å². The van der Waals surface area contributed by atoms with E-state index >= 15 is 0 Å². The van der Waals surface area contributed by atoms with Gasteiger partial charge in [-0.3, -0.25) is 0 Å². The maximum atomic E-state index is 11.8. The van der Waals surface area contributed by atoms with E-state index in [1.165, 1.54) is 12.1 Å². The van der Waals surface area contributed by atoms with Crippen molar-refractivity contribution in [2.45, 2.75) is 6.18 Å². The molecule has 0 radical (unpaired) electrons. The van der Waals surface area contributed by atoms with Crippen LogP contribution in [0.4, 0.5) is 13.2 Å². The zero-order valence-electron chi connectivity index (χ0n) is 6.43. The summed E-state index contributed by atoms with van der Waals surface area (Å²) in [5.74, 6) is 0. The molecule has 0 N–H and O–H groups in total. The van der Waals surface area contributed by atoms with E-state index in [-0.39, 0.29) is 0 Å². The third-order valence-electron chi connectivity index (χ3n) is 1.10. The summed E-state index contributed by atoms with van der Waals surface area (Å²) in [5.41, 5.74) is -0.602. The molecule has 1 rings (SSSR count). The third kappa shape index (κ3) is 3.23. The van der Waals surface area contributed by atoms with Gasteiger partial charge >= 0.3 is 6.18 Å². The van der Waals surface area contributed by atoms with Gasteiger partial charge in [-0.1, -0.05) is 30.3 Å². The first-order valence-electron chi connectivity index (χ1n) is 3.23. The normalized spacial score (nSPS) is 9.92. The SMILES string of the molecule is C=C.FC(F)(F)c1ccccc1. The molecule has 0 bridgehead atoms. The average molecular weight is 174 g/mol. The van der Waals surface area contributed by atoms with Crippen LogP contribution in [0.1, 0.15) is 5.56 Å². The first-order chi connectivity index (χ1) is 5.61. The summed E-state index contributed by atoms with van der Waals surface area (Å²) >= 11 is 0. The van der Waals surface area contributed by atoms with E-state index < -0.39 is 11.7 Å². The molecule has 0 nitrogen and oxygen atoms in total. The first kappa shape index (κ1) is 10.8. The summed E-state index contributed by atoms with van der Waals surface area (Å²) in [5, 5.41) is 0. The Kier molecular flexibility index (Phi) is 4.11. The van der Waals surface area contributed by atoms with Crippen molar-refractivity contribution >= 4 is 0 Å². The minimum atomic E-state index is -4.21. The van der Waals surface area contributed by atoms with Gasteiger partial charge in [-0.05, 0) is 0 Å². The summed E-state index contributed by atoms with van der Waals surface area (Å²) in [6.07, 6.45) is -4.21. The van der Waals surface area contributed by atoms with Crippen molar-refractivity contribution in [3.63, 3.8) is 0 Å². The highest BCUT2D eigenvalue weighted by Crippen LogP contribution is 2.28. The molecule has 1 aromatic carbocycles. The van der Waals surface area contributed by atoms with E-state index in [1.54, 1.807) is 6.07 Å². The van der Waals surface area contributed by atoms with Crippen LogP contribution in [0.2, 0.25) is 0 Å². The van der Waals surface area contributed by atoms with Crippen molar-refractivity contribution in [3.05, 3.63) is 49.1 Å². The van der Waals surface area contributed by atoms with Gasteiger partial charge in [0.1, 0.15) is 0 Å². The lowest BCUT2D eigenvalue weighted by Crippen LogP contribution is -2.03. The number of rotatable bonds is 0. The molecule has 1 aromatic rings. The Balaban J connectivity index is 0.000000561. The summed E-state index contributed by atoms with van der Waals surface area (Å²) in [6, 6.07) is 6.36. The van der Waals surface area contributed by atoms with Gasteiger partial charge in [0, 0.05) is 0 Å². The predicted octanol–water partition coefficient (Wildman–Crippen LogP) is 3.51. The molecule has 66 valence electrons. The summed E-state index contributed by atoms with van der Waals surface area (Å²) in [4.78, 5) is 0. The van der Waals surface area contributed by atoms with E-state index in [4.69, 9.17) is 0 Å². The van der Waals surface area contributed by atoms with Gasteiger partial charge in [0.2, 0.25) is 0 Å². The van der Waals surface area contributed by atoms with E-state index in [0.717, 1.165) is 12.1 Å². The van der Waals surface area contributed by atoms with Gasteiger partial charge in [0.15, 0.2) is 0 Å². The molecule has 0 aliphatic heterocycles. The van der Waals surface area contributed by atoms with Crippen molar-refractivity contribution in [2.24, 2.45) is 0 Å². The zero-order valence-corrected chi connectivity index (χ0v) is 6.43. The molecule has 0 fully saturated rings. The Morgan fingerprint density at radius 3 is 1.58 bits per heavy atom. The van der Waals surface area contributed by atoms with E-state index in [1.807, 2.05) is 0 Å². The second-order valence-corrected chi connectivity index (χ2v) is 1.86. The van der Waals surface area contributed by atoms with Gasteiger partial charge in [0.25, 0.3) is 0 Å². The molecule has 0 spiro atoms. The minimum Gasteiger partial charge on any atom is -0.166 e. The molecule has 12 heavy (non-hydrogen) atoms. The second-order valence-electron chi connectivity index (χ2n) is 1.86. The number of alkyl halides is 3. The van der Waals surface area contributed by atoms with Crippen molar-refractivity contribution in [1.82, 2.24) is 0 Å². The van der Waals surface area contributed by atoms with Gasteiger partial charge in [-0.2, -0.15) is 13.2 Å². The summed E-state index contributed by atoms with van der Waals surface area (Å²) in [6.45, 7) is 6.00. The van der Waals surface area contributed by atoms with Crippen molar-refractivity contribution < 1.29 is 13.2 Å². The molecule has 0 saturated carbocycles.